The Hall–Kier alpha value is -1.92. The maximum Gasteiger partial charge on any atom is 0.195 e. The van der Waals surface area contributed by atoms with E-state index >= 15 is 0 Å². The molecule has 0 aliphatic heterocycles. The van der Waals surface area contributed by atoms with Gasteiger partial charge in [-0.2, -0.15) is 0 Å². The van der Waals surface area contributed by atoms with Crippen LogP contribution in [0.3, 0.4) is 0 Å². The molecule has 0 atom stereocenters. The van der Waals surface area contributed by atoms with Crippen LogP contribution in [0, 0.1) is 5.82 Å². The number of fused-ring (bicyclic) bond motifs is 1. The second-order valence-electron chi connectivity index (χ2n) is 4.58. The topological polar surface area (TPSA) is 40.8 Å². The van der Waals surface area contributed by atoms with Crippen LogP contribution in [-0.4, -0.2) is 21.5 Å². The van der Waals surface area contributed by atoms with Crippen LogP contribution in [0.4, 0.5) is 10.2 Å². The van der Waals surface area contributed by atoms with Gasteiger partial charge in [-0.1, -0.05) is 12.1 Å². The third kappa shape index (κ3) is 2.28. The van der Waals surface area contributed by atoms with E-state index < -0.39 is 0 Å². The Morgan fingerprint density at radius 3 is 3.05 bits per heavy atom. The standard InChI is InChI=1S/C14H14FN3OS/c1-17(8-10-3-2-4-11(15)7-10)13-12(9-19)18-5-6-20-14(18)16-13/h2-7,19H,8-9H2,1H3. The van der Waals surface area contributed by atoms with Gasteiger partial charge in [0.15, 0.2) is 10.8 Å². The maximum absolute atomic E-state index is 13.2. The first-order valence-electron chi connectivity index (χ1n) is 6.20. The molecular formula is C14H14FN3OS. The molecule has 0 bridgehead atoms. The summed E-state index contributed by atoms with van der Waals surface area (Å²) in [6.45, 7) is 0.455. The Morgan fingerprint density at radius 1 is 1.45 bits per heavy atom. The molecule has 3 aromatic rings. The van der Waals surface area contributed by atoms with Crippen LogP contribution in [0.15, 0.2) is 35.8 Å². The summed E-state index contributed by atoms with van der Waals surface area (Å²) < 4.78 is 15.1. The van der Waals surface area contributed by atoms with Gasteiger partial charge in [-0.05, 0) is 17.7 Å². The molecule has 1 aromatic carbocycles. The van der Waals surface area contributed by atoms with Crippen LogP contribution >= 0.6 is 11.3 Å². The molecule has 0 aliphatic rings. The van der Waals surface area contributed by atoms with Gasteiger partial charge >= 0.3 is 0 Å². The second kappa shape index (κ2) is 5.22. The Morgan fingerprint density at radius 2 is 2.30 bits per heavy atom. The van der Waals surface area contributed by atoms with E-state index in [0.29, 0.717) is 6.54 Å². The van der Waals surface area contributed by atoms with E-state index in [1.807, 2.05) is 34.0 Å². The minimum atomic E-state index is -0.246. The summed E-state index contributed by atoms with van der Waals surface area (Å²) >= 11 is 1.52. The predicted octanol–water partition coefficient (Wildman–Crippen LogP) is 2.66. The van der Waals surface area contributed by atoms with Gasteiger partial charge in [-0.25, -0.2) is 9.37 Å². The fraction of sp³-hybridized carbons (Fsp3) is 0.214. The van der Waals surface area contributed by atoms with Gasteiger partial charge in [0.1, 0.15) is 5.82 Å². The molecule has 6 heteroatoms. The molecule has 0 unspecified atom stereocenters. The molecule has 20 heavy (non-hydrogen) atoms. The molecule has 0 spiro atoms. The van der Waals surface area contributed by atoms with Crippen molar-refractivity contribution < 1.29 is 9.50 Å². The lowest BCUT2D eigenvalue weighted by Gasteiger charge is -2.18. The zero-order valence-corrected chi connectivity index (χ0v) is 11.8. The van der Waals surface area contributed by atoms with E-state index in [0.717, 1.165) is 22.0 Å². The van der Waals surface area contributed by atoms with Crippen molar-refractivity contribution in [3.05, 3.63) is 52.9 Å². The highest BCUT2D eigenvalue weighted by Crippen LogP contribution is 2.25. The first-order chi connectivity index (χ1) is 9.69. The lowest BCUT2D eigenvalue weighted by molar-refractivity contribution is 0.276. The number of rotatable bonds is 4. The first kappa shape index (κ1) is 13.1. The molecule has 2 aromatic heterocycles. The number of aliphatic hydroxyl groups excluding tert-OH is 1. The van der Waals surface area contributed by atoms with E-state index in [1.165, 1.54) is 23.5 Å². The number of imidazole rings is 1. The number of halogens is 1. The number of anilines is 1. The Kier molecular flexibility index (Phi) is 3.42. The molecule has 0 radical (unpaired) electrons. The lowest BCUT2D eigenvalue weighted by atomic mass is 10.2. The van der Waals surface area contributed by atoms with Crippen LogP contribution < -0.4 is 4.90 Å². The summed E-state index contributed by atoms with van der Waals surface area (Å²) in [5.74, 6) is 0.479. The number of benzene rings is 1. The first-order valence-corrected chi connectivity index (χ1v) is 7.08. The second-order valence-corrected chi connectivity index (χ2v) is 5.45. The van der Waals surface area contributed by atoms with Crippen molar-refractivity contribution >= 4 is 22.1 Å². The van der Waals surface area contributed by atoms with Gasteiger partial charge in [0.25, 0.3) is 0 Å². The normalized spacial score (nSPS) is 11.2. The molecule has 4 nitrogen and oxygen atoms in total. The molecule has 0 saturated heterocycles. The van der Waals surface area contributed by atoms with Crippen LogP contribution in [0.25, 0.3) is 4.96 Å². The van der Waals surface area contributed by atoms with Gasteiger partial charge in [0, 0.05) is 25.2 Å². The molecule has 0 amide bonds. The monoisotopic (exact) mass is 291 g/mol. The van der Waals surface area contributed by atoms with E-state index in [2.05, 4.69) is 4.98 Å². The summed E-state index contributed by atoms with van der Waals surface area (Å²) in [5, 5.41) is 11.5. The zero-order chi connectivity index (χ0) is 14.1. The van der Waals surface area contributed by atoms with E-state index in [1.54, 1.807) is 6.07 Å². The average Bonchev–Trinajstić information content (AvgIpc) is 2.98. The predicted molar refractivity (Wildman–Crippen MR) is 77.5 cm³/mol. The van der Waals surface area contributed by atoms with Crippen molar-refractivity contribution in [1.29, 1.82) is 0 Å². The van der Waals surface area contributed by atoms with Crippen molar-refractivity contribution in [2.24, 2.45) is 0 Å². The SMILES string of the molecule is CN(Cc1cccc(F)c1)c1nc2sccn2c1CO. The van der Waals surface area contributed by atoms with Gasteiger partial charge in [0.2, 0.25) is 0 Å². The highest BCUT2D eigenvalue weighted by molar-refractivity contribution is 7.15. The molecule has 0 aliphatic carbocycles. The summed E-state index contributed by atoms with van der Waals surface area (Å²) in [7, 11) is 1.89. The molecule has 0 saturated carbocycles. The van der Waals surface area contributed by atoms with E-state index in [-0.39, 0.29) is 12.4 Å². The Bertz CT molecular complexity index is 737. The maximum atomic E-state index is 13.2. The molecule has 104 valence electrons. The number of aromatic nitrogens is 2. The lowest BCUT2D eigenvalue weighted by Crippen LogP contribution is -2.18. The van der Waals surface area contributed by atoms with Crippen molar-refractivity contribution in [1.82, 2.24) is 9.38 Å². The third-order valence-electron chi connectivity index (χ3n) is 3.16. The molecular weight excluding hydrogens is 277 g/mol. The number of hydrogen-bond acceptors (Lipinski definition) is 4. The fourth-order valence-electron chi connectivity index (χ4n) is 2.26. The van der Waals surface area contributed by atoms with Crippen molar-refractivity contribution in [2.75, 3.05) is 11.9 Å². The summed E-state index contributed by atoms with van der Waals surface area (Å²) in [6, 6.07) is 6.50. The minimum absolute atomic E-state index is 0.0826. The highest BCUT2D eigenvalue weighted by Gasteiger charge is 2.16. The summed E-state index contributed by atoms with van der Waals surface area (Å²) in [6.07, 6.45) is 1.89. The van der Waals surface area contributed by atoms with E-state index in [9.17, 15) is 9.50 Å². The quantitative estimate of drug-likeness (QED) is 0.803. The van der Waals surface area contributed by atoms with Gasteiger partial charge in [-0.3, -0.25) is 4.40 Å². The highest BCUT2D eigenvalue weighted by atomic mass is 32.1. The smallest absolute Gasteiger partial charge is 0.195 e. The zero-order valence-electron chi connectivity index (χ0n) is 11.0. The van der Waals surface area contributed by atoms with Crippen LogP contribution in [-0.2, 0) is 13.2 Å². The molecule has 3 rings (SSSR count). The number of thiazole rings is 1. The van der Waals surface area contributed by atoms with Gasteiger partial charge in [-0.15, -0.1) is 11.3 Å². The molecule has 0 fully saturated rings. The number of nitrogens with zero attached hydrogens (tertiary/aromatic N) is 3. The largest absolute Gasteiger partial charge is 0.390 e. The van der Waals surface area contributed by atoms with Crippen LogP contribution in [0.2, 0.25) is 0 Å². The van der Waals surface area contributed by atoms with Crippen molar-refractivity contribution in [2.45, 2.75) is 13.2 Å². The minimum Gasteiger partial charge on any atom is -0.390 e. The van der Waals surface area contributed by atoms with Gasteiger partial charge in [0.05, 0.1) is 12.3 Å². The van der Waals surface area contributed by atoms with E-state index in [4.69, 9.17) is 0 Å². The summed E-state index contributed by atoms with van der Waals surface area (Å²) in [5.41, 5.74) is 1.62. The number of aliphatic hydroxyl groups is 1. The Labute approximate surface area is 119 Å². The molecule has 1 N–H and O–H groups in total. The summed E-state index contributed by atoms with van der Waals surface area (Å²) in [4.78, 5) is 7.28. The number of hydrogen-bond donors (Lipinski definition) is 1. The third-order valence-corrected chi connectivity index (χ3v) is 3.92. The fourth-order valence-corrected chi connectivity index (χ4v) is 2.99. The van der Waals surface area contributed by atoms with Gasteiger partial charge < -0.3 is 10.0 Å². The van der Waals surface area contributed by atoms with Crippen LogP contribution in [0.5, 0.6) is 0 Å². The van der Waals surface area contributed by atoms with Crippen LogP contribution in [0.1, 0.15) is 11.3 Å². The van der Waals surface area contributed by atoms with Crippen molar-refractivity contribution in [3.8, 4) is 0 Å². The molecule has 2 heterocycles. The van der Waals surface area contributed by atoms with Crippen molar-refractivity contribution in [3.63, 3.8) is 0 Å². The average molecular weight is 291 g/mol. The Balaban J connectivity index is 1.92.